The van der Waals surface area contributed by atoms with Gasteiger partial charge in [-0.25, -0.2) is 0 Å². The summed E-state index contributed by atoms with van der Waals surface area (Å²) in [5.74, 6) is 0.666. The highest BCUT2D eigenvalue weighted by Crippen LogP contribution is 2.54. The molecule has 0 aliphatic heterocycles. The zero-order valence-corrected chi connectivity index (χ0v) is 13.3. The zero-order valence-electron chi connectivity index (χ0n) is 11.2. The predicted octanol–water partition coefficient (Wildman–Crippen LogP) is 5.57. The molecule has 17 heavy (non-hydrogen) atoms. The molecule has 0 heterocycles. The number of rotatable bonds is 2. The van der Waals surface area contributed by atoms with Gasteiger partial charge in [0.05, 0.1) is 0 Å². The smallest absolute Gasteiger partial charge is 0.0114 e. The second-order valence-corrected chi connectivity index (χ2v) is 6.64. The molecule has 0 nitrogen and oxygen atoms in total. The van der Waals surface area contributed by atoms with Crippen LogP contribution in [0.4, 0.5) is 0 Å². The summed E-state index contributed by atoms with van der Waals surface area (Å²) in [4.78, 5) is 0. The van der Waals surface area contributed by atoms with Crippen LogP contribution in [-0.4, -0.2) is 0 Å². The number of allylic oxidation sites excluding steroid dienone is 8. The topological polar surface area (TPSA) is 0 Å². The molecule has 0 aromatic heterocycles. The van der Waals surface area contributed by atoms with E-state index in [0.717, 1.165) is 0 Å². The Morgan fingerprint density at radius 1 is 1.47 bits per heavy atom. The number of hydrogen-bond donors (Lipinski definition) is 0. The van der Waals surface area contributed by atoms with Gasteiger partial charge in [-0.15, -0.1) is 0 Å². The Morgan fingerprint density at radius 2 is 2.18 bits per heavy atom. The maximum atomic E-state index is 2.45. The Kier molecular flexibility index (Phi) is 3.67. The van der Waals surface area contributed by atoms with Gasteiger partial charge in [0.1, 0.15) is 0 Å². The first-order chi connectivity index (χ1) is 8.02. The maximum absolute atomic E-state index is 2.45. The second-order valence-electron chi connectivity index (χ2n) is 5.39. The summed E-state index contributed by atoms with van der Waals surface area (Å²) in [5, 5.41) is 0. The fourth-order valence-electron chi connectivity index (χ4n) is 3.27. The molecule has 0 radical (unpaired) electrons. The Morgan fingerprint density at radius 3 is 2.76 bits per heavy atom. The van der Waals surface area contributed by atoms with Crippen LogP contribution in [0.1, 0.15) is 40.5 Å². The van der Waals surface area contributed by atoms with Gasteiger partial charge in [-0.3, -0.25) is 0 Å². The molecule has 1 atom stereocenters. The average Bonchev–Trinajstić information content (AvgIpc) is 2.49. The zero-order chi connectivity index (χ0) is 12.6. The number of halogens is 1. The molecule has 92 valence electrons. The van der Waals surface area contributed by atoms with Crippen LogP contribution in [0.25, 0.3) is 0 Å². The molecule has 1 heteroatoms. The molecule has 1 unspecified atom stereocenters. The molecule has 0 aromatic carbocycles. The monoisotopic (exact) mass is 340 g/mol. The first-order valence-electron chi connectivity index (χ1n) is 6.46. The summed E-state index contributed by atoms with van der Waals surface area (Å²) in [7, 11) is 0. The van der Waals surface area contributed by atoms with Gasteiger partial charge in [-0.1, -0.05) is 50.1 Å². The van der Waals surface area contributed by atoms with E-state index in [4.69, 9.17) is 0 Å². The van der Waals surface area contributed by atoms with Crippen LogP contribution in [-0.2, 0) is 0 Å². The van der Waals surface area contributed by atoms with Crippen LogP contribution in [0.5, 0.6) is 0 Å². The maximum Gasteiger partial charge on any atom is 0.0114 e. The van der Waals surface area contributed by atoms with Gasteiger partial charge in [-0.2, -0.15) is 0 Å². The summed E-state index contributed by atoms with van der Waals surface area (Å²) in [6, 6.07) is 0. The summed E-state index contributed by atoms with van der Waals surface area (Å²) in [6.07, 6.45) is 11.7. The lowest BCUT2D eigenvalue weighted by molar-refractivity contribution is 0.527. The van der Waals surface area contributed by atoms with Crippen molar-refractivity contribution in [1.29, 1.82) is 0 Å². The minimum Gasteiger partial charge on any atom is -0.0874 e. The second kappa shape index (κ2) is 4.75. The van der Waals surface area contributed by atoms with Crippen molar-refractivity contribution in [3.05, 3.63) is 44.6 Å². The molecule has 0 amide bonds. The van der Waals surface area contributed by atoms with Gasteiger partial charge >= 0.3 is 0 Å². The molecule has 0 saturated carbocycles. The standard InChI is InChI=1S/C16H21I/c1-5-7-14-12(6-2)13-9-8-11(17)10-15(13)16(14,3)4/h5,7-8,10,13H,6,9H2,1-4H3/b7-5+. The quantitative estimate of drug-likeness (QED) is 0.576. The minimum absolute atomic E-state index is 0.215. The lowest BCUT2D eigenvalue weighted by atomic mass is 9.77. The number of fused-ring (bicyclic) bond motifs is 1. The Bertz CT molecular complexity index is 444. The largest absolute Gasteiger partial charge is 0.0874 e. The van der Waals surface area contributed by atoms with Crippen molar-refractivity contribution in [2.24, 2.45) is 11.3 Å². The summed E-state index contributed by atoms with van der Waals surface area (Å²) in [5.41, 5.74) is 5.04. The highest BCUT2D eigenvalue weighted by atomic mass is 127. The molecule has 0 fully saturated rings. The van der Waals surface area contributed by atoms with Crippen molar-refractivity contribution in [1.82, 2.24) is 0 Å². The van der Waals surface area contributed by atoms with E-state index in [1.54, 1.807) is 16.7 Å². The molecular formula is C16H21I. The fourth-order valence-corrected chi connectivity index (χ4v) is 3.86. The summed E-state index contributed by atoms with van der Waals surface area (Å²) in [6.45, 7) is 9.16. The SMILES string of the molecule is C/C=C/C1=C(CC)C2CC=C(I)C=C2C1(C)C. The van der Waals surface area contributed by atoms with Gasteiger partial charge in [-0.05, 0) is 54.0 Å². The molecule has 2 aliphatic carbocycles. The normalized spacial score (nSPS) is 27.2. The van der Waals surface area contributed by atoms with Gasteiger partial charge < -0.3 is 0 Å². The van der Waals surface area contributed by atoms with E-state index in [9.17, 15) is 0 Å². The molecule has 0 bridgehead atoms. The molecule has 0 N–H and O–H groups in total. The van der Waals surface area contributed by atoms with Crippen LogP contribution in [0.3, 0.4) is 0 Å². The van der Waals surface area contributed by atoms with E-state index in [1.807, 2.05) is 0 Å². The Hall–Kier alpha value is -0.310. The van der Waals surface area contributed by atoms with E-state index in [-0.39, 0.29) is 5.41 Å². The molecule has 0 saturated heterocycles. The highest BCUT2D eigenvalue weighted by Gasteiger charge is 2.41. The van der Waals surface area contributed by atoms with Crippen molar-refractivity contribution in [3.8, 4) is 0 Å². The molecule has 0 spiro atoms. The lowest BCUT2D eigenvalue weighted by Crippen LogP contribution is -2.16. The van der Waals surface area contributed by atoms with E-state index in [2.05, 4.69) is 74.6 Å². The average molecular weight is 340 g/mol. The third-order valence-corrected chi connectivity index (χ3v) is 4.85. The fraction of sp³-hybridized carbons (Fsp3) is 0.500. The van der Waals surface area contributed by atoms with Crippen molar-refractivity contribution in [2.45, 2.75) is 40.5 Å². The minimum atomic E-state index is 0.215. The summed E-state index contributed by atoms with van der Waals surface area (Å²) < 4.78 is 1.40. The Balaban J connectivity index is 2.55. The first kappa shape index (κ1) is 13.1. The van der Waals surface area contributed by atoms with Crippen molar-refractivity contribution in [3.63, 3.8) is 0 Å². The molecule has 2 aliphatic rings. The van der Waals surface area contributed by atoms with Crippen molar-refractivity contribution in [2.75, 3.05) is 0 Å². The third-order valence-electron chi connectivity index (χ3n) is 4.09. The van der Waals surface area contributed by atoms with Crippen molar-refractivity contribution < 1.29 is 0 Å². The highest BCUT2D eigenvalue weighted by molar-refractivity contribution is 14.1. The van der Waals surface area contributed by atoms with Crippen LogP contribution in [0, 0.1) is 11.3 Å². The van der Waals surface area contributed by atoms with Gasteiger partial charge in [0.25, 0.3) is 0 Å². The van der Waals surface area contributed by atoms with Crippen LogP contribution in [0.15, 0.2) is 44.6 Å². The first-order valence-corrected chi connectivity index (χ1v) is 7.54. The van der Waals surface area contributed by atoms with E-state index in [0.29, 0.717) is 5.92 Å². The summed E-state index contributed by atoms with van der Waals surface area (Å²) >= 11 is 2.45. The molecule has 2 rings (SSSR count). The van der Waals surface area contributed by atoms with Gasteiger partial charge in [0, 0.05) is 14.9 Å². The van der Waals surface area contributed by atoms with Gasteiger partial charge in [0.15, 0.2) is 0 Å². The Labute approximate surface area is 119 Å². The van der Waals surface area contributed by atoms with Crippen LogP contribution >= 0.6 is 22.6 Å². The third kappa shape index (κ3) is 2.07. The lowest BCUT2D eigenvalue weighted by Gasteiger charge is -2.28. The van der Waals surface area contributed by atoms with Gasteiger partial charge in [0.2, 0.25) is 0 Å². The van der Waals surface area contributed by atoms with Crippen LogP contribution in [0.2, 0.25) is 0 Å². The molecular weight excluding hydrogens is 319 g/mol. The van der Waals surface area contributed by atoms with E-state index < -0.39 is 0 Å². The number of hydrogen-bond acceptors (Lipinski definition) is 0. The van der Waals surface area contributed by atoms with Crippen LogP contribution < -0.4 is 0 Å². The predicted molar refractivity (Wildman–Crippen MR) is 84.2 cm³/mol. The van der Waals surface area contributed by atoms with E-state index in [1.165, 1.54) is 16.4 Å². The van der Waals surface area contributed by atoms with E-state index >= 15 is 0 Å². The van der Waals surface area contributed by atoms with Crippen molar-refractivity contribution >= 4 is 22.6 Å². The molecule has 0 aromatic rings.